The lowest BCUT2D eigenvalue weighted by Crippen LogP contribution is -2.35. The third kappa shape index (κ3) is 5.95. The average molecular weight is 465 g/mol. The Morgan fingerprint density at radius 1 is 0.818 bits per heavy atom. The van der Waals surface area contributed by atoms with Crippen molar-refractivity contribution in [3.8, 4) is 5.75 Å². The molecule has 0 bridgehead atoms. The van der Waals surface area contributed by atoms with Gasteiger partial charge in [0.15, 0.2) is 17.4 Å². The number of unbranched alkanes of at least 4 members (excludes halogenated alkanes) is 2. The number of fused-ring (bicyclic) bond motifs is 1. The van der Waals surface area contributed by atoms with Gasteiger partial charge >= 0.3 is 5.97 Å². The van der Waals surface area contributed by atoms with Crippen molar-refractivity contribution in [3.05, 3.63) is 29.6 Å². The van der Waals surface area contributed by atoms with E-state index in [0.717, 1.165) is 61.5 Å². The van der Waals surface area contributed by atoms with Crippen LogP contribution in [-0.2, 0) is 4.79 Å². The molecular weight excluding hydrogens is 425 g/mol. The van der Waals surface area contributed by atoms with Gasteiger partial charge in [0.25, 0.3) is 0 Å². The van der Waals surface area contributed by atoms with E-state index in [-0.39, 0.29) is 5.92 Å². The maximum Gasteiger partial charge on any atom is 0.314 e. The molecular formula is C28H39F3O2. The Morgan fingerprint density at radius 3 is 2.18 bits per heavy atom. The number of hydrogen-bond donors (Lipinski definition) is 0. The van der Waals surface area contributed by atoms with Crippen LogP contribution < -0.4 is 4.74 Å². The van der Waals surface area contributed by atoms with E-state index in [1.807, 2.05) is 0 Å². The predicted molar refractivity (Wildman–Crippen MR) is 123 cm³/mol. The predicted octanol–water partition coefficient (Wildman–Crippen LogP) is 8.23. The molecule has 3 aliphatic rings. The topological polar surface area (TPSA) is 26.3 Å². The largest absolute Gasteiger partial charge is 0.423 e. The van der Waals surface area contributed by atoms with Crippen molar-refractivity contribution in [2.75, 3.05) is 0 Å². The molecule has 33 heavy (non-hydrogen) atoms. The number of carbonyl (C=O) groups excluding carboxylic acids is 1. The van der Waals surface area contributed by atoms with E-state index in [1.54, 1.807) is 0 Å². The summed E-state index contributed by atoms with van der Waals surface area (Å²) in [5.74, 6) is -1.45. The molecule has 0 amide bonds. The van der Waals surface area contributed by atoms with Gasteiger partial charge < -0.3 is 4.74 Å². The zero-order chi connectivity index (χ0) is 23.4. The van der Waals surface area contributed by atoms with Gasteiger partial charge in [0.05, 0.1) is 5.92 Å². The Labute approximate surface area is 196 Å². The van der Waals surface area contributed by atoms with Gasteiger partial charge in [-0.1, -0.05) is 39.0 Å². The summed E-state index contributed by atoms with van der Waals surface area (Å²) in [6.45, 7) is 2.28. The molecule has 0 radical (unpaired) electrons. The first-order chi connectivity index (χ1) is 16.0. The molecule has 4 rings (SSSR count). The first kappa shape index (κ1) is 24.6. The van der Waals surface area contributed by atoms with Crippen LogP contribution in [0.5, 0.6) is 5.75 Å². The fraction of sp³-hybridized carbons (Fsp3) is 0.750. The van der Waals surface area contributed by atoms with Crippen molar-refractivity contribution < 1.29 is 22.7 Å². The number of esters is 1. The second-order valence-electron chi connectivity index (χ2n) is 11.0. The van der Waals surface area contributed by atoms with Crippen LogP contribution in [-0.4, -0.2) is 5.97 Å². The monoisotopic (exact) mass is 464 g/mol. The highest BCUT2D eigenvalue weighted by Gasteiger charge is 2.39. The lowest BCUT2D eigenvalue weighted by molar-refractivity contribution is -0.140. The maximum atomic E-state index is 13.8. The van der Waals surface area contributed by atoms with Gasteiger partial charge in [-0.05, 0) is 99.5 Å². The van der Waals surface area contributed by atoms with E-state index in [0.29, 0.717) is 5.92 Å². The number of carbonyl (C=O) groups is 1. The Kier molecular flexibility index (Phi) is 8.40. The molecule has 3 fully saturated rings. The van der Waals surface area contributed by atoms with Gasteiger partial charge in [-0.2, -0.15) is 4.39 Å². The summed E-state index contributed by atoms with van der Waals surface area (Å²) >= 11 is 0. The Hall–Kier alpha value is -1.52. The van der Waals surface area contributed by atoms with Crippen LogP contribution in [0.15, 0.2) is 12.1 Å². The summed E-state index contributed by atoms with van der Waals surface area (Å²) in [5, 5.41) is 0. The van der Waals surface area contributed by atoms with Crippen LogP contribution >= 0.6 is 0 Å². The number of benzene rings is 1. The van der Waals surface area contributed by atoms with Crippen LogP contribution in [0.1, 0.15) is 96.8 Å². The van der Waals surface area contributed by atoms with Gasteiger partial charge in [0.1, 0.15) is 0 Å². The van der Waals surface area contributed by atoms with E-state index in [4.69, 9.17) is 4.74 Å². The summed E-state index contributed by atoms with van der Waals surface area (Å²) in [7, 11) is 0. The quantitative estimate of drug-likeness (QED) is 0.176. The van der Waals surface area contributed by atoms with E-state index < -0.39 is 29.2 Å². The highest BCUT2D eigenvalue weighted by atomic mass is 19.2. The Bertz CT molecular complexity index is 803. The third-order valence-corrected chi connectivity index (χ3v) is 8.96. The number of hydrogen-bond acceptors (Lipinski definition) is 2. The third-order valence-electron chi connectivity index (χ3n) is 8.96. The average Bonchev–Trinajstić information content (AvgIpc) is 2.84. The zero-order valence-electron chi connectivity index (χ0n) is 20.0. The molecule has 0 aliphatic heterocycles. The molecule has 1 aromatic rings. The lowest BCUT2D eigenvalue weighted by Gasteiger charge is -2.45. The molecule has 0 aromatic heterocycles. The Balaban J connectivity index is 1.22. The molecule has 0 N–H and O–H groups in total. The van der Waals surface area contributed by atoms with Crippen molar-refractivity contribution in [2.24, 2.45) is 35.5 Å². The molecule has 184 valence electrons. The van der Waals surface area contributed by atoms with Crippen LogP contribution in [0.25, 0.3) is 0 Å². The second kappa shape index (κ2) is 11.3. The van der Waals surface area contributed by atoms with Crippen molar-refractivity contribution >= 4 is 5.97 Å². The fourth-order valence-electron chi connectivity index (χ4n) is 7.00. The van der Waals surface area contributed by atoms with Crippen molar-refractivity contribution in [2.45, 2.75) is 96.8 Å². The first-order valence-electron chi connectivity index (χ1n) is 13.3. The fourth-order valence-corrected chi connectivity index (χ4v) is 7.00. The normalized spacial score (nSPS) is 32.2. The zero-order valence-corrected chi connectivity index (χ0v) is 20.0. The minimum Gasteiger partial charge on any atom is -0.423 e. The summed E-state index contributed by atoms with van der Waals surface area (Å²) < 4.78 is 45.4. The van der Waals surface area contributed by atoms with Gasteiger partial charge in [-0.15, -0.1) is 0 Å². The first-order valence-corrected chi connectivity index (χ1v) is 13.3. The second-order valence-corrected chi connectivity index (χ2v) is 11.0. The van der Waals surface area contributed by atoms with E-state index in [1.165, 1.54) is 64.2 Å². The van der Waals surface area contributed by atoms with Gasteiger partial charge in [-0.3, -0.25) is 4.79 Å². The summed E-state index contributed by atoms with van der Waals surface area (Å²) in [6.07, 6.45) is 17.3. The lowest BCUT2D eigenvalue weighted by atomic mass is 9.60. The molecule has 0 heterocycles. The summed E-state index contributed by atoms with van der Waals surface area (Å²) in [5.41, 5.74) is 0. The molecule has 4 unspecified atom stereocenters. The van der Waals surface area contributed by atoms with E-state index in [2.05, 4.69) is 6.92 Å². The van der Waals surface area contributed by atoms with Crippen molar-refractivity contribution in [3.63, 3.8) is 0 Å². The maximum absolute atomic E-state index is 13.8. The molecule has 3 saturated carbocycles. The standard InChI is InChI=1S/C28H39F3O2/c1-2-3-4-5-18-6-7-23-17-22(13-12-21(23)16-18)19-8-10-20(11-9-19)28(32)33-25-15-14-24(29)26(30)27(25)31/h14-15,18-23H,2-13,16-17H2,1H3. The van der Waals surface area contributed by atoms with Gasteiger partial charge in [0.2, 0.25) is 5.82 Å². The smallest absolute Gasteiger partial charge is 0.314 e. The van der Waals surface area contributed by atoms with Crippen molar-refractivity contribution in [1.82, 2.24) is 0 Å². The summed E-state index contributed by atoms with van der Waals surface area (Å²) in [6, 6.07) is 1.77. The van der Waals surface area contributed by atoms with Gasteiger partial charge in [0, 0.05) is 0 Å². The number of ether oxygens (including phenoxy) is 1. The van der Waals surface area contributed by atoms with E-state index in [9.17, 15) is 18.0 Å². The Morgan fingerprint density at radius 2 is 1.45 bits per heavy atom. The minimum atomic E-state index is -1.60. The number of rotatable bonds is 7. The molecule has 0 saturated heterocycles. The molecule has 2 nitrogen and oxygen atoms in total. The SMILES string of the molecule is CCCCCC1CCC2CC(C3CCC(C(=O)Oc4ccc(F)c(F)c4F)CC3)CCC2C1. The van der Waals surface area contributed by atoms with Crippen LogP contribution in [0.3, 0.4) is 0 Å². The highest BCUT2D eigenvalue weighted by Crippen LogP contribution is 2.49. The van der Waals surface area contributed by atoms with Crippen LogP contribution in [0, 0.1) is 53.0 Å². The van der Waals surface area contributed by atoms with Crippen LogP contribution in [0.2, 0.25) is 0 Å². The molecule has 4 atom stereocenters. The van der Waals surface area contributed by atoms with Crippen molar-refractivity contribution in [1.29, 1.82) is 0 Å². The van der Waals surface area contributed by atoms with Crippen LogP contribution in [0.4, 0.5) is 13.2 Å². The summed E-state index contributed by atoms with van der Waals surface area (Å²) in [4.78, 5) is 12.5. The number of halogens is 3. The highest BCUT2D eigenvalue weighted by molar-refractivity contribution is 5.75. The van der Waals surface area contributed by atoms with E-state index >= 15 is 0 Å². The molecule has 0 spiro atoms. The molecule has 5 heteroatoms. The molecule has 3 aliphatic carbocycles. The minimum absolute atomic E-state index is 0.288. The molecule has 1 aromatic carbocycles. The van der Waals surface area contributed by atoms with Gasteiger partial charge in [-0.25, -0.2) is 8.78 Å².